The Hall–Kier alpha value is -3.57. The van der Waals surface area contributed by atoms with E-state index in [1.807, 2.05) is 0 Å². The van der Waals surface area contributed by atoms with Crippen LogP contribution in [0.3, 0.4) is 0 Å². The van der Waals surface area contributed by atoms with E-state index in [-0.39, 0.29) is 22.1 Å². The smallest absolute Gasteiger partial charge is 0.323 e. The summed E-state index contributed by atoms with van der Waals surface area (Å²) in [6.07, 6.45) is -0.331. The summed E-state index contributed by atoms with van der Waals surface area (Å²) in [6, 6.07) is 5.97. The van der Waals surface area contributed by atoms with E-state index in [0.29, 0.717) is 16.4 Å². The van der Waals surface area contributed by atoms with Crippen LogP contribution in [0.1, 0.15) is 10.5 Å². The molecule has 2 heterocycles. The van der Waals surface area contributed by atoms with Crippen molar-refractivity contribution in [2.45, 2.75) is 6.35 Å². The van der Waals surface area contributed by atoms with Crippen molar-refractivity contribution < 1.29 is 34.1 Å². The fraction of sp³-hybridized carbons (Fsp3) is 0.263. The number of rotatable bonds is 7. The molecular weight excluding hydrogens is 432 g/mol. The second-order valence-corrected chi connectivity index (χ2v) is 6.81. The monoisotopic (exact) mass is 450 g/mol. The standard InChI is InChI=1S/C19H19ClN4O7/c1-30-13-7-14(31-2)11(6-10(13)20)22-15(25)8-23-12-4-3-5-21-17(12)18(28)24(19(23)29)9-16(26)27/h3-7,19,29H,8-9H2,1-2H3,(H,22,25)(H,26,27). The molecule has 0 bridgehead atoms. The lowest BCUT2D eigenvalue weighted by molar-refractivity contribution is -0.140. The number of carbonyl (C=O) groups excluding carboxylic acids is 2. The van der Waals surface area contributed by atoms with Crippen molar-refractivity contribution in [3.05, 3.63) is 41.2 Å². The number of anilines is 2. The van der Waals surface area contributed by atoms with Crippen LogP contribution in [0.15, 0.2) is 30.5 Å². The van der Waals surface area contributed by atoms with Crippen LogP contribution in [-0.4, -0.2) is 71.5 Å². The number of fused-ring (bicyclic) bond motifs is 1. The number of nitrogens with zero attached hydrogens (tertiary/aromatic N) is 3. The minimum Gasteiger partial charge on any atom is -0.495 e. The summed E-state index contributed by atoms with van der Waals surface area (Å²) in [5.74, 6) is -2.03. The van der Waals surface area contributed by atoms with Crippen molar-refractivity contribution in [1.82, 2.24) is 9.88 Å². The first-order valence-electron chi connectivity index (χ1n) is 8.90. The van der Waals surface area contributed by atoms with E-state index in [9.17, 15) is 19.5 Å². The largest absolute Gasteiger partial charge is 0.495 e. The highest BCUT2D eigenvalue weighted by atomic mass is 35.5. The average Bonchev–Trinajstić information content (AvgIpc) is 2.74. The Morgan fingerprint density at radius 2 is 1.90 bits per heavy atom. The number of methoxy groups -OCH3 is 2. The first kappa shape index (κ1) is 22.1. The molecule has 1 unspecified atom stereocenters. The molecule has 1 aromatic carbocycles. The quantitative estimate of drug-likeness (QED) is 0.563. The number of amides is 2. The second-order valence-electron chi connectivity index (χ2n) is 6.41. The Bertz CT molecular complexity index is 1030. The SMILES string of the molecule is COc1cc(OC)c(NC(=O)CN2c3cccnc3C(=O)N(CC(=O)O)C2O)cc1Cl. The number of carboxylic acid groups (broad SMARTS) is 1. The zero-order valence-electron chi connectivity index (χ0n) is 16.5. The molecule has 0 saturated carbocycles. The summed E-state index contributed by atoms with van der Waals surface area (Å²) in [6.45, 7) is -1.19. The van der Waals surface area contributed by atoms with Gasteiger partial charge in [0.15, 0.2) is 5.69 Å². The van der Waals surface area contributed by atoms with Gasteiger partial charge in [-0.1, -0.05) is 11.6 Å². The lowest BCUT2D eigenvalue weighted by Crippen LogP contribution is -2.58. The number of hydrogen-bond donors (Lipinski definition) is 3. The molecule has 0 radical (unpaired) electrons. The van der Waals surface area contributed by atoms with Gasteiger partial charge in [-0.2, -0.15) is 0 Å². The van der Waals surface area contributed by atoms with E-state index in [1.165, 1.54) is 49.6 Å². The normalized spacial score (nSPS) is 15.4. The summed E-state index contributed by atoms with van der Waals surface area (Å²) in [5.41, 5.74) is 0.373. The molecule has 12 heteroatoms. The van der Waals surface area contributed by atoms with Crippen LogP contribution in [0.4, 0.5) is 11.4 Å². The van der Waals surface area contributed by atoms with Gasteiger partial charge < -0.3 is 29.9 Å². The Labute approximate surface area is 181 Å². The van der Waals surface area contributed by atoms with Gasteiger partial charge in [0.25, 0.3) is 5.91 Å². The third-order valence-corrected chi connectivity index (χ3v) is 4.78. The van der Waals surface area contributed by atoms with Crippen LogP contribution in [0.2, 0.25) is 5.02 Å². The van der Waals surface area contributed by atoms with E-state index < -0.39 is 37.2 Å². The number of hydrogen-bond acceptors (Lipinski definition) is 8. The molecule has 0 fully saturated rings. The van der Waals surface area contributed by atoms with Gasteiger partial charge in [-0.05, 0) is 18.2 Å². The highest BCUT2D eigenvalue weighted by Gasteiger charge is 2.39. The van der Waals surface area contributed by atoms with E-state index in [1.54, 1.807) is 0 Å². The molecule has 1 atom stereocenters. The average molecular weight is 451 g/mol. The Balaban J connectivity index is 1.88. The number of pyridine rings is 1. The minimum atomic E-state index is -1.69. The molecule has 0 saturated heterocycles. The van der Waals surface area contributed by atoms with Crippen molar-refractivity contribution in [1.29, 1.82) is 0 Å². The molecule has 3 rings (SSSR count). The first-order valence-corrected chi connectivity index (χ1v) is 9.28. The van der Waals surface area contributed by atoms with Crippen molar-refractivity contribution in [2.75, 3.05) is 37.5 Å². The Morgan fingerprint density at radius 1 is 1.19 bits per heavy atom. The van der Waals surface area contributed by atoms with Crippen molar-refractivity contribution >= 4 is 40.8 Å². The van der Waals surface area contributed by atoms with Crippen molar-refractivity contribution in [3.63, 3.8) is 0 Å². The second kappa shape index (κ2) is 9.06. The topological polar surface area (TPSA) is 142 Å². The van der Waals surface area contributed by atoms with Gasteiger partial charge in [0, 0.05) is 12.3 Å². The third kappa shape index (κ3) is 4.47. The van der Waals surface area contributed by atoms with Crippen LogP contribution in [-0.2, 0) is 9.59 Å². The molecule has 3 N–H and O–H groups in total. The van der Waals surface area contributed by atoms with Crippen LogP contribution < -0.4 is 19.7 Å². The van der Waals surface area contributed by atoms with Gasteiger partial charge in [0.2, 0.25) is 12.3 Å². The maximum absolute atomic E-state index is 12.7. The first-order chi connectivity index (χ1) is 14.8. The van der Waals surface area contributed by atoms with Crippen LogP contribution in [0, 0.1) is 0 Å². The van der Waals surface area contributed by atoms with Crippen molar-refractivity contribution in [3.8, 4) is 11.5 Å². The number of benzene rings is 1. The number of aliphatic hydroxyl groups excluding tert-OH is 1. The summed E-state index contributed by atoms with van der Waals surface area (Å²) < 4.78 is 10.4. The molecule has 0 aliphatic carbocycles. The highest BCUT2D eigenvalue weighted by molar-refractivity contribution is 6.32. The van der Waals surface area contributed by atoms with Crippen LogP contribution >= 0.6 is 11.6 Å². The number of aliphatic hydroxyl groups is 1. The van der Waals surface area contributed by atoms with E-state index in [0.717, 1.165) is 0 Å². The fourth-order valence-electron chi connectivity index (χ4n) is 3.10. The lowest BCUT2D eigenvalue weighted by atomic mass is 10.2. The molecular formula is C19H19ClN4O7. The van der Waals surface area contributed by atoms with Crippen molar-refractivity contribution in [2.24, 2.45) is 0 Å². The zero-order chi connectivity index (χ0) is 22.7. The minimum absolute atomic E-state index is 0.0769. The summed E-state index contributed by atoms with van der Waals surface area (Å²) in [5, 5.41) is 22.6. The third-order valence-electron chi connectivity index (χ3n) is 4.48. The molecule has 164 valence electrons. The molecule has 2 aromatic rings. The van der Waals surface area contributed by atoms with Crippen LogP contribution in [0.5, 0.6) is 11.5 Å². The lowest BCUT2D eigenvalue weighted by Gasteiger charge is -2.40. The maximum atomic E-state index is 12.7. The molecule has 0 spiro atoms. The Kier molecular flexibility index (Phi) is 6.47. The number of nitrogens with one attached hydrogen (secondary N) is 1. The maximum Gasteiger partial charge on any atom is 0.323 e. The van der Waals surface area contributed by atoms with Gasteiger partial charge in [-0.3, -0.25) is 19.3 Å². The van der Waals surface area contributed by atoms with Crippen LogP contribution in [0.25, 0.3) is 0 Å². The number of ether oxygens (including phenoxy) is 2. The number of aliphatic carboxylic acids is 1. The number of carboxylic acids is 1. The molecule has 11 nitrogen and oxygen atoms in total. The molecule has 1 aliphatic rings. The predicted octanol–water partition coefficient (Wildman–Crippen LogP) is 1.01. The fourth-order valence-corrected chi connectivity index (χ4v) is 3.34. The Morgan fingerprint density at radius 3 is 2.55 bits per heavy atom. The molecule has 1 aromatic heterocycles. The van der Waals surface area contributed by atoms with Gasteiger partial charge in [0.05, 0.1) is 30.6 Å². The number of aromatic nitrogens is 1. The molecule has 1 aliphatic heterocycles. The highest BCUT2D eigenvalue weighted by Crippen LogP contribution is 2.36. The van der Waals surface area contributed by atoms with Gasteiger partial charge in [0.1, 0.15) is 24.6 Å². The van der Waals surface area contributed by atoms with E-state index >= 15 is 0 Å². The molecule has 2 amide bonds. The van der Waals surface area contributed by atoms with Gasteiger partial charge >= 0.3 is 5.97 Å². The number of halogens is 1. The molecule has 31 heavy (non-hydrogen) atoms. The summed E-state index contributed by atoms with van der Waals surface area (Å²) >= 11 is 6.12. The van der Waals surface area contributed by atoms with E-state index in [4.69, 9.17) is 26.2 Å². The summed E-state index contributed by atoms with van der Waals surface area (Å²) in [4.78, 5) is 42.3. The van der Waals surface area contributed by atoms with Gasteiger partial charge in [-0.15, -0.1) is 0 Å². The van der Waals surface area contributed by atoms with E-state index in [2.05, 4.69) is 10.3 Å². The zero-order valence-corrected chi connectivity index (χ0v) is 17.3. The predicted molar refractivity (Wildman–Crippen MR) is 109 cm³/mol. The summed E-state index contributed by atoms with van der Waals surface area (Å²) in [7, 11) is 2.84. The number of carbonyl (C=O) groups is 3. The van der Waals surface area contributed by atoms with Gasteiger partial charge in [-0.25, -0.2) is 4.98 Å².